The molecule has 0 bridgehead atoms. The number of nitrogen functional groups attached to an aromatic ring is 1. The molecule has 0 saturated heterocycles. The van der Waals surface area contributed by atoms with E-state index in [1.165, 1.54) is 6.20 Å². The van der Waals surface area contributed by atoms with E-state index in [1.807, 2.05) is 0 Å². The molecule has 0 aliphatic carbocycles. The number of nitrogens with one attached hydrogen (secondary N) is 1. The molecule has 0 fully saturated rings. The fraction of sp³-hybridized carbons (Fsp3) is 0.200. The molecule has 1 aliphatic heterocycles. The number of amides is 1. The first-order valence-electron chi connectivity index (χ1n) is 6.65. The quantitative estimate of drug-likeness (QED) is 0.882. The standard InChI is InChI=1S/C15H15N3O3/c16-11-3-1-6-17-14(11)15(19)18-10-4-5-12-13(9-10)21-8-2-7-20-12/h1,3-6,9H,2,7-8,16H2,(H,18,19). The number of benzene rings is 1. The Bertz CT molecular complexity index is 673. The average molecular weight is 285 g/mol. The molecule has 2 aromatic rings. The van der Waals surface area contributed by atoms with E-state index < -0.39 is 0 Å². The lowest BCUT2D eigenvalue weighted by Crippen LogP contribution is -2.15. The van der Waals surface area contributed by atoms with Crippen molar-refractivity contribution in [2.24, 2.45) is 0 Å². The zero-order valence-corrected chi connectivity index (χ0v) is 11.3. The Balaban J connectivity index is 1.81. The molecule has 0 radical (unpaired) electrons. The van der Waals surface area contributed by atoms with E-state index in [-0.39, 0.29) is 11.6 Å². The van der Waals surface area contributed by atoms with E-state index in [0.29, 0.717) is 36.1 Å². The topological polar surface area (TPSA) is 86.5 Å². The summed E-state index contributed by atoms with van der Waals surface area (Å²) in [5.74, 6) is 0.949. The summed E-state index contributed by atoms with van der Waals surface area (Å²) in [4.78, 5) is 16.1. The lowest BCUT2D eigenvalue weighted by Gasteiger charge is -2.10. The number of nitrogens with two attached hydrogens (primary N) is 1. The van der Waals surface area contributed by atoms with Crippen molar-refractivity contribution in [2.75, 3.05) is 24.3 Å². The number of nitrogens with zero attached hydrogens (tertiary/aromatic N) is 1. The molecule has 6 heteroatoms. The molecule has 1 aromatic heterocycles. The molecule has 21 heavy (non-hydrogen) atoms. The van der Waals surface area contributed by atoms with Crippen LogP contribution in [0.15, 0.2) is 36.5 Å². The van der Waals surface area contributed by atoms with Gasteiger partial charge in [-0.05, 0) is 24.3 Å². The van der Waals surface area contributed by atoms with Crippen LogP contribution in [0.25, 0.3) is 0 Å². The molecule has 1 aliphatic rings. The smallest absolute Gasteiger partial charge is 0.276 e. The Morgan fingerprint density at radius 3 is 2.81 bits per heavy atom. The van der Waals surface area contributed by atoms with Gasteiger partial charge in [-0.25, -0.2) is 4.98 Å². The second kappa shape index (κ2) is 5.70. The highest BCUT2D eigenvalue weighted by Gasteiger charge is 2.14. The predicted octanol–water partition coefficient (Wildman–Crippen LogP) is 2.08. The van der Waals surface area contributed by atoms with Crippen molar-refractivity contribution in [1.29, 1.82) is 0 Å². The fourth-order valence-electron chi connectivity index (χ4n) is 2.04. The Morgan fingerprint density at radius 2 is 2.00 bits per heavy atom. The number of carbonyl (C=O) groups is 1. The molecular weight excluding hydrogens is 270 g/mol. The van der Waals surface area contributed by atoms with Crippen LogP contribution >= 0.6 is 0 Å². The maximum Gasteiger partial charge on any atom is 0.276 e. The number of hydrogen-bond acceptors (Lipinski definition) is 5. The van der Waals surface area contributed by atoms with Crippen LogP contribution in [0.1, 0.15) is 16.9 Å². The minimum atomic E-state index is -0.359. The van der Waals surface area contributed by atoms with E-state index in [0.717, 1.165) is 6.42 Å². The number of hydrogen-bond donors (Lipinski definition) is 2. The lowest BCUT2D eigenvalue weighted by molar-refractivity contribution is 0.102. The van der Waals surface area contributed by atoms with Crippen molar-refractivity contribution in [1.82, 2.24) is 4.98 Å². The van der Waals surface area contributed by atoms with Crippen molar-refractivity contribution >= 4 is 17.3 Å². The van der Waals surface area contributed by atoms with Crippen LogP contribution in [0, 0.1) is 0 Å². The van der Waals surface area contributed by atoms with Gasteiger partial charge in [0.15, 0.2) is 17.2 Å². The first-order chi connectivity index (χ1) is 10.2. The van der Waals surface area contributed by atoms with Gasteiger partial charge in [0.25, 0.3) is 5.91 Å². The number of anilines is 2. The Labute approximate surface area is 121 Å². The number of aromatic nitrogens is 1. The second-order valence-electron chi connectivity index (χ2n) is 4.61. The van der Waals surface area contributed by atoms with E-state index in [2.05, 4.69) is 10.3 Å². The molecule has 0 atom stereocenters. The highest BCUT2D eigenvalue weighted by atomic mass is 16.5. The number of pyridine rings is 1. The average Bonchev–Trinajstić information content (AvgIpc) is 2.72. The van der Waals surface area contributed by atoms with E-state index >= 15 is 0 Å². The SMILES string of the molecule is Nc1cccnc1C(=O)Nc1ccc2c(c1)OCCCO2. The Hall–Kier alpha value is -2.76. The zero-order chi connectivity index (χ0) is 14.7. The summed E-state index contributed by atoms with van der Waals surface area (Å²) in [5, 5.41) is 2.75. The summed E-state index contributed by atoms with van der Waals surface area (Å²) in [6, 6.07) is 8.58. The van der Waals surface area contributed by atoms with Crippen molar-refractivity contribution < 1.29 is 14.3 Å². The summed E-state index contributed by atoms with van der Waals surface area (Å²) < 4.78 is 11.1. The van der Waals surface area contributed by atoms with Gasteiger partial charge in [0.1, 0.15) is 0 Å². The Kier molecular flexibility index (Phi) is 3.59. The normalized spacial score (nSPS) is 13.3. The van der Waals surface area contributed by atoms with E-state index in [4.69, 9.17) is 15.2 Å². The third-order valence-electron chi connectivity index (χ3n) is 3.06. The predicted molar refractivity (Wildman–Crippen MR) is 78.7 cm³/mol. The maximum atomic E-state index is 12.1. The van der Waals surface area contributed by atoms with Crippen LogP contribution in [-0.2, 0) is 0 Å². The van der Waals surface area contributed by atoms with Crippen LogP contribution in [-0.4, -0.2) is 24.1 Å². The van der Waals surface area contributed by atoms with Crippen molar-refractivity contribution in [3.63, 3.8) is 0 Å². The summed E-state index contributed by atoms with van der Waals surface area (Å²) >= 11 is 0. The van der Waals surface area contributed by atoms with Crippen molar-refractivity contribution in [3.8, 4) is 11.5 Å². The zero-order valence-electron chi connectivity index (χ0n) is 11.3. The molecule has 0 unspecified atom stereocenters. The first kappa shape index (κ1) is 13.2. The van der Waals surface area contributed by atoms with Crippen LogP contribution in [0.3, 0.4) is 0 Å². The molecule has 1 amide bonds. The number of ether oxygens (including phenoxy) is 2. The van der Waals surface area contributed by atoms with Crippen LogP contribution in [0.2, 0.25) is 0 Å². The maximum absolute atomic E-state index is 12.1. The van der Waals surface area contributed by atoms with Gasteiger partial charge < -0.3 is 20.5 Å². The summed E-state index contributed by atoms with van der Waals surface area (Å²) in [6.07, 6.45) is 2.36. The van der Waals surface area contributed by atoms with Gasteiger partial charge in [-0.2, -0.15) is 0 Å². The Morgan fingerprint density at radius 1 is 1.19 bits per heavy atom. The highest BCUT2D eigenvalue weighted by molar-refractivity contribution is 6.06. The summed E-state index contributed by atoms with van der Waals surface area (Å²) in [5.41, 5.74) is 6.88. The summed E-state index contributed by atoms with van der Waals surface area (Å²) in [6.45, 7) is 1.22. The van der Waals surface area contributed by atoms with E-state index in [9.17, 15) is 4.79 Å². The minimum Gasteiger partial charge on any atom is -0.490 e. The second-order valence-corrected chi connectivity index (χ2v) is 4.61. The van der Waals surface area contributed by atoms with E-state index in [1.54, 1.807) is 30.3 Å². The molecule has 2 heterocycles. The fourth-order valence-corrected chi connectivity index (χ4v) is 2.04. The highest BCUT2D eigenvalue weighted by Crippen LogP contribution is 2.32. The molecule has 108 valence electrons. The molecular formula is C15H15N3O3. The third-order valence-corrected chi connectivity index (χ3v) is 3.06. The van der Waals surface area contributed by atoms with Crippen LogP contribution in [0.5, 0.6) is 11.5 Å². The molecule has 0 spiro atoms. The van der Waals surface area contributed by atoms with Gasteiger partial charge >= 0.3 is 0 Å². The van der Waals surface area contributed by atoms with Crippen molar-refractivity contribution in [2.45, 2.75) is 6.42 Å². The number of fused-ring (bicyclic) bond motifs is 1. The third kappa shape index (κ3) is 2.89. The number of rotatable bonds is 2. The van der Waals surface area contributed by atoms with Gasteiger partial charge in [0.05, 0.1) is 18.9 Å². The van der Waals surface area contributed by atoms with Crippen molar-refractivity contribution in [3.05, 3.63) is 42.2 Å². The molecule has 6 nitrogen and oxygen atoms in total. The lowest BCUT2D eigenvalue weighted by atomic mass is 10.2. The monoisotopic (exact) mass is 285 g/mol. The largest absolute Gasteiger partial charge is 0.490 e. The van der Waals surface area contributed by atoms with Gasteiger partial charge in [-0.3, -0.25) is 4.79 Å². The minimum absolute atomic E-state index is 0.199. The van der Waals surface area contributed by atoms with Gasteiger partial charge in [-0.1, -0.05) is 0 Å². The van der Waals surface area contributed by atoms with Gasteiger partial charge in [0, 0.05) is 24.4 Å². The van der Waals surface area contributed by atoms with Gasteiger partial charge in [0.2, 0.25) is 0 Å². The first-order valence-corrected chi connectivity index (χ1v) is 6.65. The number of carbonyl (C=O) groups excluding carboxylic acids is 1. The summed E-state index contributed by atoms with van der Waals surface area (Å²) in [7, 11) is 0. The van der Waals surface area contributed by atoms with Gasteiger partial charge in [-0.15, -0.1) is 0 Å². The molecule has 3 rings (SSSR count). The molecule has 3 N–H and O–H groups in total. The molecule has 1 aromatic carbocycles. The van der Waals surface area contributed by atoms with Crippen LogP contribution in [0.4, 0.5) is 11.4 Å². The van der Waals surface area contributed by atoms with Crippen LogP contribution < -0.4 is 20.5 Å². The molecule has 0 saturated carbocycles.